The Kier molecular flexibility index (Phi) is 4.42. The number of hydrogen-bond donors (Lipinski definition) is 0. The van der Waals surface area contributed by atoms with Crippen LogP contribution in [0.5, 0.6) is 11.5 Å². The molecule has 3 aromatic carbocycles. The van der Waals surface area contributed by atoms with Crippen molar-refractivity contribution in [2.45, 2.75) is 24.7 Å². The number of rotatable bonds is 4. The second-order valence-corrected chi connectivity index (χ2v) is 6.97. The minimum atomic E-state index is 0.348. The van der Waals surface area contributed by atoms with Gasteiger partial charge in [-0.25, -0.2) is 0 Å². The molecule has 3 aromatic rings. The van der Waals surface area contributed by atoms with Gasteiger partial charge in [0.2, 0.25) is 0 Å². The average molecular weight is 344 g/mol. The Morgan fingerprint density at radius 2 is 1.12 bits per heavy atom. The van der Waals surface area contributed by atoms with E-state index in [-0.39, 0.29) is 0 Å². The van der Waals surface area contributed by atoms with Crippen LogP contribution in [-0.4, -0.2) is 14.2 Å². The molecule has 1 aliphatic carbocycles. The third-order valence-electron chi connectivity index (χ3n) is 5.70. The van der Waals surface area contributed by atoms with Crippen molar-refractivity contribution in [3.8, 4) is 11.5 Å². The van der Waals surface area contributed by atoms with Gasteiger partial charge in [-0.05, 0) is 52.4 Å². The summed E-state index contributed by atoms with van der Waals surface area (Å²) in [7, 11) is 3.42. The van der Waals surface area contributed by atoms with Gasteiger partial charge in [0.1, 0.15) is 11.5 Å². The normalized spacial score (nSPS) is 21.3. The standard InChI is InChI=1S/C24H24O2/c1-16-21-6-4-5-7-22(21)24(18-10-14-20(26-3)15-11-18)23(16)17-8-12-19(25-2)13-9-17/h4-16,23-24H,1-3H3. The number of methoxy groups -OCH3 is 2. The summed E-state index contributed by atoms with van der Waals surface area (Å²) >= 11 is 0. The molecular formula is C24H24O2. The van der Waals surface area contributed by atoms with Crippen LogP contribution in [0.2, 0.25) is 0 Å². The summed E-state index contributed by atoms with van der Waals surface area (Å²) < 4.78 is 10.7. The molecule has 26 heavy (non-hydrogen) atoms. The SMILES string of the molecule is COc1ccc(C2c3ccccc3C(C)C2c2ccc(OC)cc2)cc1. The van der Waals surface area contributed by atoms with Crippen LogP contribution in [0.3, 0.4) is 0 Å². The zero-order valence-electron chi connectivity index (χ0n) is 15.5. The molecule has 0 aliphatic heterocycles. The fourth-order valence-corrected chi connectivity index (χ4v) is 4.39. The summed E-state index contributed by atoms with van der Waals surface area (Å²) in [5.74, 6) is 3.02. The van der Waals surface area contributed by atoms with Crippen molar-refractivity contribution in [1.82, 2.24) is 0 Å². The van der Waals surface area contributed by atoms with E-state index in [9.17, 15) is 0 Å². The average Bonchev–Trinajstić information content (AvgIpc) is 3.01. The highest BCUT2D eigenvalue weighted by atomic mass is 16.5. The molecule has 3 atom stereocenters. The van der Waals surface area contributed by atoms with Crippen molar-refractivity contribution >= 4 is 0 Å². The predicted octanol–water partition coefficient (Wildman–Crippen LogP) is 5.74. The summed E-state index contributed by atoms with van der Waals surface area (Å²) in [6.07, 6.45) is 0. The van der Waals surface area contributed by atoms with Gasteiger partial charge in [0.25, 0.3) is 0 Å². The van der Waals surface area contributed by atoms with E-state index in [1.165, 1.54) is 22.3 Å². The molecule has 3 unspecified atom stereocenters. The monoisotopic (exact) mass is 344 g/mol. The lowest BCUT2D eigenvalue weighted by molar-refractivity contribution is 0.414. The zero-order valence-corrected chi connectivity index (χ0v) is 15.5. The Balaban J connectivity index is 1.82. The highest BCUT2D eigenvalue weighted by Gasteiger charge is 2.39. The molecule has 2 nitrogen and oxygen atoms in total. The van der Waals surface area contributed by atoms with Gasteiger partial charge in [0.15, 0.2) is 0 Å². The fraction of sp³-hybridized carbons (Fsp3) is 0.250. The number of fused-ring (bicyclic) bond motifs is 1. The Labute approximate surface area is 155 Å². The van der Waals surface area contributed by atoms with E-state index in [1.807, 2.05) is 0 Å². The van der Waals surface area contributed by atoms with Crippen LogP contribution in [0.4, 0.5) is 0 Å². The summed E-state index contributed by atoms with van der Waals surface area (Å²) in [5.41, 5.74) is 5.58. The van der Waals surface area contributed by atoms with E-state index in [0.29, 0.717) is 17.8 Å². The van der Waals surface area contributed by atoms with Gasteiger partial charge in [-0.3, -0.25) is 0 Å². The Morgan fingerprint density at radius 3 is 1.65 bits per heavy atom. The van der Waals surface area contributed by atoms with Gasteiger partial charge < -0.3 is 9.47 Å². The van der Waals surface area contributed by atoms with Crippen LogP contribution >= 0.6 is 0 Å². The third kappa shape index (κ3) is 2.76. The molecule has 0 heterocycles. The first-order chi connectivity index (χ1) is 12.7. The van der Waals surface area contributed by atoms with Gasteiger partial charge in [-0.15, -0.1) is 0 Å². The molecule has 0 fully saturated rings. The summed E-state index contributed by atoms with van der Waals surface area (Å²) in [6.45, 7) is 2.34. The molecule has 0 bridgehead atoms. The lowest BCUT2D eigenvalue weighted by Crippen LogP contribution is -2.10. The van der Waals surface area contributed by atoms with Crippen LogP contribution in [0.25, 0.3) is 0 Å². The highest BCUT2D eigenvalue weighted by molar-refractivity contribution is 5.51. The maximum Gasteiger partial charge on any atom is 0.118 e. The quantitative estimate of drug-likeness (QED) is 0.601. The van der Waals surface area contributed by atoms with Crippen LogP contribution in [0.15, 0.2) is 72.8 Å². The zero-order chi connectivity index (χ0) is 18.1. The summed E-state index contributed by atoms with van der Waals surface area (Å²) in [5, 5.41) is 0. The van der Waals surface area contributed by atoms with Gasteiger partial charge >= 0.3 is 0 Å². The molecular weight excluding hydrogens is 320 g/mol. The second kappa shape index (κ2) is 6.87. The molecule has 0 radical (unpaired) electrons. The maximum absolute atomic E-state index is 5.35. The number of hydrogen-bond acceptors (Lipinski definition) is 2. The molecule has 0 saturated carbocycles. The first-order valence-electron chi connectivity index (χ1n) is 9.09. The number of benzene rings is 3. The lowest BCUT2D eigenvalue weighted by atomic mass is 9.78. The van der Waals surface area contributed by atoms with E-state index < -0.39 is 0 Å². The fourth-order valence-electron chi connectivity index (χ4n) is 4.39. The summed E-state index contributed by atoms with van der Waals surface area (Å²) in [4.78, 5) is 0. The van der Waals surface area contributed by atoms with E-state index in [1.54, 1.807) is 14.2 Å². The van der Waals surface area contributed by atoms with Gasteiger partial charge in [0.05, 0.1) is 14.2 Å². The first kappa shape index (κ1) is 16.7. The smallest absolute Gasteiger partial charge is 0.118 e. The van der Waals surface area contributed by atoms with Crippen molar-refractivity contribution in [2.75, 3.05) is 14.2 Å². The highest BCUT2D eigenvalue weighted by Crippen LogP contribution is 2.54. The molecule has 0 saturated heterocycles. The molecule has 2 heteroatoms. The minimum absolute atomic E-state index is 0.348. The molecule has 0 spiro atoms. The van der Waals surface area contributed by atoms with Gasteiger partial charge in [0, 0.05) is 11.8 Å². The van der Waals surface area contributed by atoms with Crippen LogP contribution in [0, 0.1) is 0 Å². The molecule has 1 aliphatic rings. The topological polar surface area (TPSA) is 18.5 Å². The first-order valence-corrected chi connectivity index (χ1v) is 9.09. The molecule has 0 aromatic heterocycles. The Morgan fingerprint density at radius 1 is 0.615 bits per heavy atom. The molecule has 4 rings (SSSR count). The molecule has 0 amide bonds. The van der Waals surface area contributed by atoms with Crippen molar-refractivity contribution < 1.29 is 9.47 Å². The Bertz CT molecular complexity index is 881. The number of ether oxygens (including phenoxy) is 2. The minimum Gasteiger partial charge on any atom is -0.497 e. The van der Waals surface area contributed by atoms with Crippen molar-refractivity contribution in [3.63, 3.8) is 0 Å². The molecule has 0 N–H and O–H groups in total. The van der Waals surface area contributed by atoms with E-state index in [4.69, 9.17) is 9.47 Å². The summed E-state index contributed by atoms with van der Waals surface area (Å²) in [6, 6.07) is 25.9. The van der Waals surface area contributed by atoms with Crippen molar-refractivity contribution in [3.05, 3.63) is 95.1 Å². The Hall–Kier alpha value is -2.74. The van der Waals surface area contributed by atoms with Crippen LogP contribution in [-0.2, 0) is 0 Å². The maximum atomic E-state index is 5.35. The second-order valence-electron chi connectivity index (χ2n) is 6.97. The van der Waals surface area contributed by atoms with Crippen LogP contribution < -0.4 is 9.47 Å². The van der Waals surface area contributed by atoms with Crippen molar-refractivity contribution in [1.29, 1.82) is 0 Å². The van der Waals surface area contributed by atoms with E-state index in [2.05, 4.69) is 79.7 Å². The third-order valence-corrected chi connectivity index (χ3v) is 5.70. The lowest BCUT2D eigenvalue weighted by Gasteiger charge is -2.25. The predicted molar refractivity (Wildman–Crippen MR) is 105 cm³/mol. The van der Waals surface area contributed by atoms with E-state index in [0.717, 1.165) is 11.5 Å². The molecule has 132 valence electrons. The van der Waals surface area contributed by atoms with Crippen LogP contribution in [0.1, 0.15) is 46.9 Å². The largest absolute Gasteiger partial charge is 0.497 e. The van der Waals surface area contributed by atoms with Gasteiger partial charge in [-0.1, -0.05) is 55.5 Å². The van der Waals surface area contributed by atoms with Crippen molar-refractivity contribution in [2.24, 2.45) is 0 Å². The van der Waals surface area contributed by atoms with E-state index >= 15 is 0 Å². The van der Waals surface area contributed by atoms with Gasteiger partial charge in [-0.2, -0.15) is 0 Å².